The quantitative estimate of drug-likeness (QED) is 0.733. The number of rotatable bonds is 2. The molecule has 2 rings (SSSR count). The van der Waals surface area contributed by atoms with Crippen LogP contribution in [0.15, 0.2) is 6.07 Å². The standard InChI is InChI=1S/C11H16N2O2/c1-3-15-11(14)9-6-8-4-5-12-7-10(8)13(9)2/h6,12H,3-5,7H2,1-2H3. The highest BCUT2D eigenvalue weighted by molar-refractivity contribution is 5.88. The van der Waals surface area contributed by atoms with Crippen molar-refractivity contribution in [2.24, 2.45) is 7.05 Å². The summed E-state index contributed by atoms with van der Waals surface area (Å²) >= 11 is 0. The predicted octanol–water partition coefficient (Wildman–Crippen LogP) is 0.847. The van der Waals surface area contributed by atoms with E-state index in [0.29, 0.717) is 12.3 Å². The highest BCUT2D eigenvalue weighted by Gasteiger charge is 2.20. The lowest BCUT2D eigenvalue weighted by Crippen LogP contribution is -2.24. The average molecular weight is 208 g/mol. The summed E-state index contributed by atoms with van der Waals surface area (Å²) in [5, 5.41) is 3.29. The third kappa shape index (κ3) is 1.77. The second-order valence-corrected chi connectivity index (χ2v) is 3.71. The van der Waals surface area contributed by atoms with Gasteiger partial charge in [0.25, 0.3) is 0 Å². The summed E-state index contributed by atoms with van der Waals surface area (Å²) in [5.74, 6) is -0.227. The molecule has 1 aliphatic heterocycles. The maximum atomic E-state index is 11.6. The zero-order valence-corrected chi connectivity index (χ0v) is 9.17. The zero-order valence-electron chi connectivity index (χ0n) is 9.17. The molecule has 0 aliphatic carbocycles. The number of carbonyl (C=O) groups is 1. The van der Waals surface area contributed by atoms with Crippen molar-refractivity contribution in [2.75, 3.05) is 13.2 Å². The molecule has 4 heteroatoms. The number of ether oxygens (including phenoxy) is 1. The molecule has 1 aromatic rings. The highest BCUT2D eigenvalue weighted by Crippen LogP contribution is 2.18. The first-order valence-electron chi connectivity index (χ1n) is 5.29. The van der Waals surface area contributed by atoms with Gasteiger partial charge in [0, 0.05) is 19.3 Å². The van der Waals surface area contributed by atoms with Crippen LogP contribution in [-0.2, 0) is 24.8 Å². The number of carbonyl (C=O) groups excluding carboxylic acids is 1. The van der Waals surface area contributed by atoms with Crippen molar-refractivity contribution in [1.82, 2.24) is 9.88 Å². The van der Waals surface area contributed by atoms with Crippen LogP contribution >= 0.6 is 0 Å². The van der Waals surface area contributed by atoms with Gasteiger partial charge in [-0.15, -0.1) is 0 Å². The van der Waals surface area contributed by atoms with E-state index in [1.165, 1.54) is 11.3 Å². The lowest BCUT2D eigenvalue weighted by Gasteiger charge is -2.14. The smallest absolute Gasteiger partial charge is 0.354 e. The number of aromatic nitrogens is 1. The fraction of sp³-hybridized carbons (Fsp3) is 0.545. The van der Waals surface area contributed by atoms with Gasteiger partial charge in [-0.3, -0.25) is 0 Å². The molecule has 0 atom stereocenters. The van der Waals surface area contributed by atoms with Crippen molar-refractivity contribution < 1.29 is 9.53 Å². The second-order valence-electron chi connectivity index (χ2n) is 3.71. The molecule has 0 bridgehead atoms. The Kier molecular flexibility index (Phi) is 2.77. The first kappa shape index (κ1) is 10.2. The van der Waals surface area contributed by atoms with Crippen LogP contribution in [-0.4, -0.2) is 23.7 Å². The van der Waals surface area contributed by atoms with Gasteiger partial charge >= 0.3 is 5.97 Å². The number of nitrogens with one attached hydrogen (secondary N) is 1. The van der Waals surface area contributed by atoms with Gasteiger partial charge in [0.05, 0.1) is 6.61 Å². The van der Waals surface area contributed by atoms with E-state index in [1.54, 1.807) is 0 Å². The Balaban J connectivity index is 2.32. The van der Waals surface area contributed by atoms with Gasteiger partial charge in [-0.25, -0.2) is 4.79 Å². The summed E-state index contributed by atoms with van der Waals surface area (Å²) in [7, 11) is 1.91. The minimum Gasteiger partial charge on any atom is -0.461 e. The molecule has 1 aliphatic rings. The third-order valence-corrected chi connectivity index (χ3v) is 2.80. The molecule has 2 heterocycles. The van der Waals surface area contributed by atoms with E-state index in [0.717, 1.165) is 19.5 Å². The summed E-state index contributed by atoms with van der Waals surface area (Å²) in [4.78, 5) is 11.6. The van der Waals surface area contributed by atoms with Crippen LogP contribution < -0.4 is 5.32 Å². The molecule has 1 aromatic heterocycles. The molecule has 0 aromatic carbocycles. The highest BCUT2D eigenvalue weighted by atomic mass is 16.5. The number of esters is 1. The van der Waals surface area contributed by atoms with Gasteiger partial charge in [-0.05, 0) is 31.5 Å². The first-order chi connectivity index (χ1) is 7.24. The molecular weight excluding hydrogens is 192 g/mol. The van der Waals surface area contributed by atoms with E-state index >= 15 is 0 Å². The van der Waals surface area contributed by atoms with Crippen molar-refractivity contribution >= 4 is 5.97 Å². The molecule has 0 spiro atoms. The van der Waals surface area contributed by atoms with Crippen molar-refractivity contribution in [1.29, 1.82) is 0 Å². The average Bonchev–Trinajstić information content (AvgIpc) is 2.57. The van der Waals surface area contributed by atoms with Gasteiger partial charge in [0.1, 0.15) is 5.69 Å². The molecule has 15 heavy (non-hydrogen) atoms. The largest absolute Gasteiger partial charge is 0.461 e. The molecule has 0 radical (unpaired) electrons. The number of fused-ring (bicyclic) bond motifs is 1. The summed E-state index contributed by atoms with van der Waals surface area (Å²) in [6.45, 7) is 4.07. The van der Waals surface area contributed by atoms with Crippen molar-refractivity contribution in [3.63, 3.8) is 0 Å². The molecule has 0 amide bonds. The third-order valence-electron chi connectivity index (χ3n) is 2.80. The Hall–Kier alpha value is -1.29. The summed E-state index contributed by atoms with van der Waals surface area (Å²) in [6, 6.07) is 1.95. The SMILES string of the molecule is CCOC(=O)c1cc2c(n1C)CNCC2. The molecular formula is C11H16N2O2. The first-order valence-corrected chi connectivity index (χ1v) is 5.29. The van der Waals surface area contributed by atoms with Crippen LogP contribution in [0.3, 0.4) is 0 Å². The Morgan fingerprint density at radius 3 is 3.13 bits per heavy atom. The maximum absolute atomic E-state index is 11.6. The molecule has 0 saturated heterocycles. The van der Waals surface area contributed by atoms with Crippen LogP contribution in [0.2, 0.25) is 0 Å². The Morgan fingerprint density at radius 2 is 2.47 bits per heavy atom. The Labute approximate surface area is 89.2 Å². The zero-order chi connectivity index (χ0) is 10.8. The molecule has 0 unspecified atom stereocenters. The number of nitrogens with zero attached hydrogens (tertiary/aromatic N) is 1. The molecule has 0 fully saturated rings. The van der Waals surface area contributed by atoms with E-state index in [9.17, 15) is 4.79 Å². The van der Waals surface area contributed by atoms with Crippen LogP contribution in [0.1, 0.15) is 28.7 Å². The van der Waals surface area contributed by atoms with Gasteiger partial charge in [-0.2, -0.15) is 0 Å². The minimum absolute atomic E-state index is 0.227. The Bertz CT molecular complexity index is 382. The van der Waals surface area contributed by atoms with Crippen LogP contribution in [0.25, 0.3) is 0 Å². The van der Waals surface area contributed by atoms with E-state index in [2.05, 4.69) is 5.32 Å². The Morgan fingerprint density at radius 1 is 1.67 bits per heavy atom. The summed E-state index contributed by atoms with van der Waals surface area (Å²) in [5.41, 5.74) is 3.12. The number of hydrogen-bond donors (Lipinski definition) is 1. The normalized spacial score (nSPS) is 14.8. The van der Waals surface area contributed by atoms with E-state index in [4.69, 9.17) is 4.74 Å². The summed E-state index contributed by atoms with van der Waals surface area (Å²) in [6.07, 6.45) is 0.989. The fourth-order valence-corrected chi connectivity index (χ4v) is 1.99. The summed E-state index contributed by atoms with van der Waals surface area (Å²) < 4.78 is 6.94. The maximum Gasteiger partial charge on any atom is 0.354 e. The number of hydrogen-bond acceptors (Lipinski definition) is 3. The van der Waals surface area contributed by atoms with Gasteiger partial charge in [0.15, 0.2) is 0 Å². The van der Waals surface area contributed by atoms with Crippen LogP contribution in [0, 0.1) is 0 Å². The van der Waals surface area contributed by atoms with Crippen molar-refractivity contribution in [3.05, 3.63) is 23.0 Å². The van der Waals surface area contributed by atoms with Crippen molar-refractivity contribution in [2.45, 2.75) is 19.9 Å². The molecule has 82 valence electrons. The molecule has 0 saturated carbocycles. The lowest BCUT2D eigenvalue weighted by atomic mass is 10.1. The van der Waals surface area contributed by atoms with Crippen LogP contribution in [0.4, 0.5) is 0 Å². The van der Waals surface area contributed by atoms with Crippen molar-refractivity contribution in [3.8, 4) is 0 Å². The van der Waals surface area contributed by atoms with E-state index in [1.807, 2.05) is 24.6 Å². The second kappa shape index (κ2) is 4.06. The van der Waals surface area contributed by atoms with Gasteiger partial charge < -0.3 is 14.6 Å². The van der Waals surface area contributed by atoms with Crippen LogP contribution in [0.5, 0.6) is 0 Å². The monoisotopic (exact) mass is 208 g/mol. The topological polar surface area (TPSA) is 43.3 Å². The van der Waals surface area contributed by atoms with E-state index in [-0.39, 0.29) is 5.97 Å². The van der Waals surface area contributed by atoms with Gasteiger partial charge in [-0.1, -0.05) is 0 Å². The minimum atomic E-state index is -0.227. The van der Waals surface area contributed by atoms with Gasteiger partial charge in [0.2, 0.25) is 0 Å². The predicted molar refractivity (Wildman–Crippen MR) is 56.8 cm³/mol. The van der Waals surface area contributed by atoms with E-state index < -0.39 is 0 Å². The fourth-order valence-electron chi connectivity index (χ4n) is 1.99. The molecule has 1 N–H and O–H groups in total. The molecule has 4 nitrogen and oxygen atoms in total. The lowest BCUT2D eigenvalue weighted by molar-refractivity contribution is 0.0515.